The molecular weight excluding hydrogens is 354 g/mol. The van der Waals surface area contributed by atoms with Crippen molar-refractivity contribution >= 4 is 18.1 Å². The first kappa shape index (κ1) is 20.1. The van der Waals surface area contributed by atoms with Crippen molar-refractivity contribution in [1.82, 2.24) is 5.32 Å². The highest BCUT2D eigenvalue weighted by molar-refractivity contribution is 5.94. The molecule has 0 saturated carbocycles. The van der Waals surface area contributed by atoms with Crippen LogP contribution in [0.3, 0.4) is 0 Å². The number of rotatable bonds is 6. The van der Waals surface area contributed by atoms with Gasteiger partial charge in [0.1, 0.15) is 5.75 Å². The maximum atomic E-state index is 12.7. The largest absolute Gasteiger partial charge is 0.497 e. The number of benzene rings is 2. The van der Waals surface area contributed by atoms with Crippen molar-refractivity contribution < 1.29 is 19.4 Å². The smallest absolute Gasteiger partial charge is 0.251 e. The second-order valence-corrected chi connectivity index (χ2v) is 6.90. The fraction of sp³-hybridized carbons (Fsp3) is 0.348. The fourth-order valence-electron chi connectivity index (χ4n) is 3.37. The van der Waals surface area contributed by atoms with E-state index in [4.69, 9.17) is 9.47 Å². The quantitative estimate of drug-likeness (QED) is 0.800. The van der Waals surface area contributed by atoms with Gasteiger partial charge in [-0.05, 0) is 53.6 Å². The first-order valence-corrected chi connectivity index (χ1v) is 9.56. The lowest BCUT2D eigenvalue weighted by molar-refractivity contribution is 0.0916. The molecule has 0 radical (unpaired) electrons. The van der Waals surface area contributed by atoms with Crippen LogP contribution < -0.4 is 20.5 Å². The third kappa shape index (κ3) is 4.80. The number of methoxy groups -OCH3 is 1. The van der Waals surface area contributed by atoms with E-state index in [9.17, 15) is 9.90 Å². The molecule has 2 N–H and O–H groups in total. The predicted octanol–water partition coefficient (Wildman–Crippen LogP) is 1.78. The number of aliphatic hydroxyl groups excluding tert-OH is 1. The Bertz CT molecular complexity index is 915. The van der Waals surface area contributed by atoms with Crippen molar-refractivity contribution in [1.29, 1.82) is 0 Å². The van der Waals surface area contributed by atoms with E-state index in [1.54, 1.807) is 7.11 Å². The van der Waals surface area contributed by atoms with Crippen LogP contribution in [0.4, 0.5) is 0 Å². The number of nitrogens with one attached hydrogen (secondary N) is 1. The first-order valence-electron chi connectivity index (χ1n) is 9.56. The lowest BCUT2D eigenvalue weighted by Crippen LogP contribution is -2.33. The second-order valence-electron chi connectivity index (χ2n) is 6.90. The Morgan fingerprint density at radius 1 is 1.29 bits per heavy atom. The van der Waals surface area contributed by atoms with Gasteiger partial charge in [0.05, 0.1) is 26.4 Å². The Labute approximate surface area is 165 Å². The average molecular weight is 381 g/mol. The van der Waals surface area contributed by atoms with Gasteiger partial charge in [-0.2, -0.15) is 0 Å². The van der Waals surface area contributed by atoms with Crippen molar-refractivity contribution in [3.63, 3.8) is 0 Å². The number of amides is 1. The maximum Gasteiger partial charge on any atom is 0.251 e. The van der Waals surface area contributed by atoms with E-state index in [2.05, 4.69) is 11.4 Å². The highest BCUT2D eigenvalue weighted by Crippen LogP contribution is 2.18. The highest BCUT2D eigenvalue weighted by atomic mass is 16.5. The Morgan fingerprint density at radius 3 is 2.68 bits per heavy atom. The van der Waals surface area contributed by atoms with Crippen molar-refractivity contribution in [2.24, 2.45) is 5.92 Å². The van der Waals surface area contributed by atoms with Crippen LogP contribution in [0.15, 0.2) is 42.5 Å². The van der Waals surface area contributed by atoms with Crippen LogP contribution in [0.5, 0.6) is 5.75 Å². The summed E-state index contributed by atoms with van der Waals surface area (Å²) in [7, 11) is 1.60. The monoisotopic (exact) mass is 381 g/mol. The van der Waals surface area contributed by atoms with Crippen molar-refractivity contribution in [2.45, 2.75) is 19.4 Å². The Hall–Kier alpha value is -2.63. The van der Waals surface area contributed by atoms with E-state index in [1.165, 1.54) is 0 Å². The van der Waals surface area contributed by atoms with Crippen LogP contribution >= 0.6 is 0 Å². The molecule has 3 rings (SSSR count). The molecule has 2 aromatic carbocycles. The molecule has 1 amide bonds. The van der Waals surface area contributed by atoms with Gasteiger partial charge in [-0.15, -0.1) is 0 Å². The Kier molecular flexibility index (Phi) is 6.85. The average Bonchev–Trinajstić information content (AvgIpc) is 3.25. The van der Waals surface area contributed by atoms with Crippen molar-refractivity contribution in [2.75, 3.05) is 26.9 Å². The van der Waals surface area contributed by atoms with Crippen LogP contribution in [0, 0.1) is 5.92 Å². The zero-order chi connectivity index (χ0) is 19.9. The second kappa shape index (κ2) is 9.53. The molecule has 148 valence electrons. The standard InChI is InChI=1S/C23H27NO4/c1-3-17-13-20(5-4-19(17)12-16-10-11-28-15-16)23(26)24-22(14-25)18-6-8-21(27-2)9-7-18/h3-9,12-13,16,22,25H,10-11,14-15H2,1-2H3,(H,24,26)/b17-3-,19-12?/t16?,22-/m1/s1. The lowest BCUT2D eigenvalue weighted by atomic mass is 10.0. The summed E-state index contributed by atoms with van der Waals surface area (Å²) in [6, 6.07) is 12.5. The van der Waals surface area contributed by atoms with Crippen LogP contribution in [-0.4, -0.2) is 37.9 Å². The molecule has 1 unspecified atom stereocenters. The highest BCUT2D eigenvalue weighted by Gasteiger charge is 2.16. The minimum atomic E-state index is -0.477. The summed E-state index contributed by atoms with van der Waals surface area (Å²) in [4.78, 5) is 12.7. The molecule has 5 heteroatoms. The van der Waals surface area contributed by atoms with Crippen LogP contribution in [0.2, 0.25) is 0 Å². The van der Waals surface area contributed by atoms with E-state index >= 15 is 0 Å². The molecule has 1 aliphatic rings. The molecule has 0 aromatic heterocycles. The number of hydrogen-bond acceptors (Lipinski definition) is 4. The Morgan fingerprint density at radius 2 is 2.07 bits per heavy atom. The zero-order valence-electron chi connectivity index (χ0n) is 16.4. The molecule has 0 aliphatic carbocycles. The normalized spacial score (nSPS) is 18.9. The summed E-state index contributed by atoms with van der Waals surface area (Å²) >= 11 is 0. The number of aliphatic hydroxyl groups is 1. The third-order valence-corrected chi connectivity index (χ3v) is 5.05. The summed E-state index contributed by atoms with van der Waals surface area (Å²) < 4.78 is 10.6. The minimum absolute atomic E-state index is 0.182. The molecule has 0 spiro atoms. The number of ether oxygens (including phenoxy) is 2. The SMILES string of the molecule is C/C=c1/cc(C(=O)N[C@H](CO)c2ccc(OC)cc2)ccc1=CC1CCOC1. The van der Waals surface area contributed by atoms with Crippen molar-refractivity contribution in [3.8, 4) is 5.75 Å². The van der Waals surface area contributed by atoms with Crippen LogP contribution in [0.1, 0.15) is 35.3 Å². The van der Waals surface area contributed by atoms with E-state index < -0.39 is 6.04 Å². The molecule has 0 bridgehead atoms. The third-order valence-electron chi connectivity index (χ3n) is 5.05. The topological polar surface area (TPSA) is 67.8 Å². The first-order chi connectivity index (χ1) is 13.6. The van der Waals surface area contributed by atoms with Gasteiger partial charge < -0.3 is 19.9 Å². The maximum absolute atomic E-state index is 12.7. The summed E-state index contributed by atoms with van der Waals surface area (Å²) in [6.45, 7) is 3.35. The summed E-state index contributed by atoms with van der Waals surface area (Å²) in [5.74, 6) is 0.940. The van der Waals surface area contributed by atoms with Gasteiger partial charge in [-0.1, -0.05) is 30.4 Å². The molecule has 1 aliphatic heterocycles. The van der Waals surface area contributed by atoms with Gasteiger partial charge in [-0.3, -0.25) is 4.79 Å². The fourth-order valence-corrected chi connectivity index (χ4v) is 3.37. The molecule has 1 saturated heterocycles. The summed E-state index contributed by atoms with van der Waals surface area (Å²) in [5, 5.41) is 14.8. The molecule has 2 aromatic rings. The lowest BCUT2D eigenvalue weighted by Gasteiger charge is -2.17. The van der Waals surface area contributed by atoms with Gasteiger partial charge >= 0.3 is 0 Å². The van der Waals surface area contributed by atoms with Gasteiger partial charge in [-0.25, -0.2) is 0 Å². The summed E-state index contributed by atoms with van der Waals surface area (Å²) in [6.07, 6.45) is 5.26. The summed E-state index contributed by atoms with van der Waals surface area (Å²) in [5.41, 5.74) is 1.39. The van der Waals surface area contributed by atoms with Crippen LogP contribution in [-0.2, 0) is 4.74 Å². The van der Waals surface area contributed by atoms with Crippen molar-refractivity contribution in [3.05, 3.63) is 64.0 Å². The van der Waals surface area contributed by atoms with Gasteiger partial charge in [0.15, 0.2) is 0 Å². The van der Waals surface area contributed by atoms with E-state index in [0.29, 0.717) is 11.5 Å². The van der Waals surface area contributed by atoms with E-state index in [1.807, 2.05) is 55.5 Å². The zero-order valence-corrected chi connectivity index (χ0v) is 16.4. The van der Waals surface area contributed by atoms with Gasteiger partial charge in [0.2, 0.25) is 0 Å². The molecule has 28 heavy (non-hydrogen) atoms. The van der Waals surface area contributed by atoms with Gasteiger partial charge in [0.25, 0.3) is 5.91 Å². The molecule has 1 heterocycles. The number of hydrogen-bond donors (Lipinski definition) is 2. The molecule has 5 nitrogen and oxygen atoms in total. The number of carbonyl (C=O) groups is 1. The van der Waals surface area contributed by atoms with E-state index in [0.717, 1.165) is 41.4 Å². The van der Waals surface area contributed by atoms with Crippen LogP contribution in [0.25, 0.3) is 12.2 Å². The van der Waals surface area contributed by atoms with E-state index in [-0.39, 0.29) is 12.5 Å². The number of carbonyl (C=O) groups excluding carboxylic acids is 1. The minimum Gasteiger partial charge on any atom is -0.497 e. The predicted molar refractivity (Wildman–Crippen MR) is 110 cm³/mol. The Balaban J connectivity index is 1.79. The van der Waals surface area contributed by atoms with Gasteiger partial charge in [0, 0.05) is 18.1 Å². The molecular formula is C23H27NO4. The molecule has 1 fully saturated rings. The molecule has 2 atom stereocenters.